The molecule has 0 saturated heterocycles. The van der Waals surface area contributed by atoms with Gasteiger partial charge in [0.2, 0.25) is 0 Å². The average molecular weight is 378 g/mol. The molecule has 0 radical (unpaired) electrons. The number of imidazole rings is 1. The molecule has 138 valence electrons. The van der Waals surface area contributed by atoms with Crippen LogP contribution in [0.1, 0.15) is 19.4 Å². The molecular formula is C14H18F3N4O3P. The van der Waals surface area contributed by atoms with Crippen LogP contribution in [-0.2, 0) is 15.3 Å². The van der Waals surface area contributed by atoms with E-state index in [4.69, 9.17) is 10.3 Å². The molecule has 0 spiro atoms. The molecule has 2 aromatic rings. The molecule has 1 heterocycles. The lowest BCUT2D eigenvalue weighted by molar-refractivity contribution is -0.137. The summed E-state index contributed by atoms with van der Waals surface area (Å²) in [4.78, 5) is 16.1. The van der Waals surface area contributed by atoms with Crippen molar-refractivity contribution in [1.29, 1.82) is 0 Å². The van der Waals surface area contributed by atoms with Crippen LogP contribution >= 0.6 is 7.60 Å². The zero-order valence-electron chi connectivity index (χ0n) is 13.5. The van der Waals surface area contributed by atoms with Gasteiger partial charge in [-0.1, -0.05) is 0 Å². The summed E-state index contributed by atoms with van der Waals surface area (Å²) in [5.41, 5.74) is 4.63. The monoisotopic (exact) mass is 378 g/mol. The van der Waals surface area contributed by atoms with Crippen LogP contribution in [0.3, 0.4) is 0 Å². The number of rotatable bonds is 6. The number of nitrogen functional groups attached to an aromatic ring is 1. The molecule has 0 fully saturated rings. The number of hydrogen-bond donors (Lipinski definition) is 4. The lowest BCUT2D eigenvalue weighted by Gasteiger charge is -2.23. The number of benzene rings is 1. The predicted molar refractivity (Wildman–Crippen MR) is 88.0 cm³/mol. The second-order valence-corrected chi connectivity index (χ2v) is 7.38. The topological polar surface area (TPSA) is 113 Å². The van der Waals surface area contributed by atoms with E-state index in [1.54, 1.807) is 6.92 Å². The predicted octanol–water partition coefficient (Wildman–Crippen LogP) is 3.66. The van der Waals surface area contributed by atoms with Crippen LogP contribution in [0.4, 0.5) is 24.5 Å². The van der Waals surface area contributed by atoms with Gasteiger partial charge in [-0.3, -0.25) is 4.57 Å². The maximum atomic E-state index is 13.3. The average Bonchev–Trinajstić information content (AvgIpc) is 3.01. The van der Waals surface area contributed by atoms with Crippen LogP contribution < -0.4 is 11.1 Å². The number of nitrogens with one attached hydrogen (secondary N) is 2. The molecule has 2 unspecified atom stereocenters. The van der Waals surface area contributed by atoms with Crippen LogP contribution in [0.15, 0.2) is 24.7 Å². The SMILES string of the molecule is CCOP(=O)(O)C(C)Nc1ccc(C(F)(F)F)c(-c2cnc[nH]2)c1N. The molecular weight excluding hydrogens is 360 g/mol. The molecule has 2 rings (SSSR count). The normalized spacial score (nSPS) is 15.6. The van der Waals surface area contributed by atoms with Gasteiger partial charge in [0.05, 0.1) is 41.8 Å². The minimum absolute atomic E-state index is 0.0156. The third-order valence-electron chi connectivity index (χ3n) is 3.49. The summed E-state index contributed by atoms with van der Waals surface area (Å²) >= 11 is 0. The van der Waals surface area contributed by atoms with Gasteiger partial charge in [0.15, 0.2) is 0 Å². The largest absolute Gasteiger partial charge is 0.417 e. The molecule has 0 bridgehead atoms. The van der Waals surface area contributed by atoms with E-state index in [0.717, 1.165) is 12.1 Å². The van der Waals surface area contributed by atoms with Gasteiger partial charge in [0.25, 0.3) is 0 Å². The molecule has 0 aliphatic carbocycles. The van der Waals surface area contributed by atoms with Crippen molar-refractivity contribution in [2.75, 3.05) is 17.7 Å². The van der Waals surface area contributed by atoms with Crippen molar-refractivity contribution in [2.45, 2.75) is 25.8 Å². The minimum atomic E-state index is -4.63. The number of anilines is 2. The highest BCUT2D eigenvalue weighted by Crippen LogP contribution is 2.49. The second kappa shape index (κ2) is 7.07. The minimum Gasteiger partial charge on any atom is -0.396 e. The Labute approximate surface area is 141 Å². The molecule has 11 heteroatoms. The van der Waals surface area contributed by atoms with Crippen molar-refractivity contribution < 1.29 is 27.2 Å². The number of alkyl halides is 3. The molecule has 5 N–H and O–H groups in total. The van der Waals surface area contributed by atoms with Crippen molar-refractivity contribution in [3.05, 3.63) is 30.2 Å². The van der Waals surface area contributed by atoms with Gasteiger partial charge < -0.3 is 25.5 Å². The molecule has 0 saturated carbocycles. The van der Waals surface area contributed by atoms with E-state index in [0.29, 0.717) is 0 Å². The van der Waals surface area contributed by atoms with E-state index in [9.17, 15) is 22.6 Å². The van der Waals surface area contributed by atoms with E-state index < -0.39 is 25.1 Å². The summed E-state index contributed by atoms with van der Waals surface area (Å²) in [6, 6.07) is 1.96. The van der Waals surface area contributed by atoms with Crippen LogP contribution in [0.5, 0.6) is 0 Å². The maximum absolute atomic E-state index is 13.3. The first-order valence-corrected chi connectivity index (χ1v) is 8.94. The Bertz CT molecular complexity index is 780. The van der Waals surface area contributed by atoms with Crippen LogP contribution in [-0.4, -0.2) is 27.3 Å². The quantitative estimate of drug-likeness (QED) is 0.451. The van der Waals surface area contributed by atoms with Gasteiger partial charge in [-0.2, -0.15) is 13.2 Å². The van der Waals surface area contributed by atoms with Crippen molar-refractivity contribution in [2.24, 2.45) is 0 Å². The van der Waals surface area contributed by atoms with Crippen molar-refractivity contribution in [1.82, 2.24) is 9.97 Å². The number of nitrogens with two attached hydrogens (primary N) is 1. The van der Waals surface area contributed by atoms with E-state index in [1.807, 2.05) is 0 Å². The fourth-order valence-corrected chi connectivity index (χ4v) is 3.16. The second-order valence-electron chi connectivity index (χ2n) is 5.21. The molecule has 2 atom stereocenters. The number of hydrogen-bond acceptors (Lipinski definition) is 5. The van der Waals surface area contributed by atoms with Crippen LogP contribution in [0.2, 0.25) is 0 Å². The van der Waals surface area contributed by atoms with Crippen molar-refractivity contribution in [3.63, 3.8) is 0 Å². The Morgan fingerprint density at radius 1 is 1.48 bits per heavy atom. The van der Waals surface area contributed by atoms with Crippen LogP contribution in [0.25, 0.3) is 11.3 Å². The van der Waals surface area contributed by atoms with Gasteiger partial charge in [0.1, 0.15) is 5.78 Å². The van der Waals surface area contributed by atoms with Gasteiger partial charge in [-0.05, 0) is 26.0 Å². The number of aromatic amines is 1. The Morgan fingerprint density at radius 3 is 2.68 bits per heavy atom. The highest BCUT2D eigenvalue weighted by atomic mass is 31.2. The van der Waals surface area contributed by atoms with E-state index in [-0.39, 0.29) is 29.2 Å². The number of halogens is 3. The Morgan fingerprint density at radius 2 is 2.16 bits per heavy atom. The summed E-state index contributed by atoms with van der Waals surface area (Å²) in [5.74, 6) is -1.07. The highest BCUT2D eigenvalue weighted by molar-refractivity contribution is 7.53. The summed E-state index contributed by atoms with van der Waals surface area (Å²) in [6.45, 7) is 2.95. The molecule has 25 heavy (non-hydrogen) atoms. The Balaban J connectivity index is 2.49. The Kier molecular flexibility index (Phi) is 5.46. The molecule has 1 aromatic heterocycles. The first-order chi connectivity index (χ1) is 11.6. The smallest absolute Gasteiger partial charge is 0.396 e. The first-order valence-electron chi connectivity index (χ1n) is 7.30. The highest BCUT2D eigenvalue weighted by Gasteiger charge is 2.36. The maximum Gasteiger partial charge on any atom is 0.417 e. The third-order valence-corrected chi connectivity index (χ3v) is 5.22. The number of H-pyrrole nitrogens is 1. The van der Waals surface area contributed by atoms with Crippen molar-refractivity contribution >= 4 is 19.0 Å². The zero-order valence-corrected chi connectivity index (χ0v) is 14.4. The zero-order chi connectivity index (χ0) is 18.8. The van der Waals surface area contributed by atoms with E-state index >= 15 is 0 Å². The summed E-state index contributed by atoms with van der Waals surface area (Å²) in [7, 11) is -4.00. The summed E-state index contributed by atoms with van der Waals surface area (Å²) in [6.07, 6.45) is -2.18. The van der Waals surface area contributed by atoms with E-state index in [1.165, 1.54) is 19.4 Å². The first kappa shape index (κ1) is 19.3. The van der Waals surface area contributed by atoms with Gasteiger partial charge in [-0.25, -0.2) is 4.98 Å². The molecule has 0 aliphatic heterocycles. The van der Waals surface area contributed by atoms with E-state index in [2.05, 4.69) is 15.3 Å². The summed E-state index contributed by atoms with van der Waals surface area (Å²) in [5, 5.41) is 2.65. The standard InChI is InChI=1S/C14H18F3N4O3P/c1-3-24-25(22,23)8(2)21-10-5-4-9(14(15,16)17)12(13(10)18)11-6-19-7-20-11/h4-8,21H,3,18H2,1-2H3,(H,19,20)(H,22,23). The van der Waals surface area contributed by atoms with Crippen LogP contribution in [0, 0.1) is 0 Å². The fraction of sp³-hybridized carbons (Fsp3) is 0.357. The van der Waals surface area contributed by atoms with Gasteiger partial charge in [-0.15, -0.1) is 0 Å². The fourth-order valence-electron chi connectivity index (χ4n) is 2.27. The number of aromatic nitrogens is 2. The Hall–Kier alpha value is -2.03. The van der Waals surface area contributed by atoms with Gasteiger partial charge >= 0.3 is 13.8 Å². The molecule has 0 amide bonds. The number of nitrogens with zero attached hydrogens (tertiary/aromatic N) is 1. The molecule has 0 aliphatic rings. The lowest BCUT2D eigenvalue weighted by atomic mass is 10.0. The molecule has 1 aromatic carbocycles. The van der Waals surface area contributed by atoms with Gasteiger partial charge in [0, 0.05) is 5.56 Å². The third kappa shape index (κ3) is 4.15. The van der Waals surface area contributed by atoms with Crippen molar-refractivity contribution in [3.8, 4) is 11.3 Å². The lowest BCUT2D eigenvalue weighted by Crippen LogP contribution is -2.19. The molecule has 7 nitrogen and oxygen atoms in total. The summed E-state index contributed by atoms with van der Waals surface area (Å²) < 4.78 is 56.7.